The lowest BCUT2D eigenvalue weighted by Crippen LogP contribution is -2.03. The zero-order valence-electron chi connectivity index (χ0n) is 7.72. The summed E-state index contributed by atoms with van der Waals surface area (Å²) < 4.78 is 1.30. The summed E-state index contributed by atoms with van der Waals surface area (Å²) in [6.07, 6.45) is 3.37. The number of nitrogens with one attached hydrogen (secondary N) is 1. The Hall–Kier alpha value is 0.100. The van der Waals surface area contributed by atoms with Crippen LogP contribution in [0.4, 0.5) is 5.69 Å². The molecule has 1 aromatic rings. The van der Waals surface area contributed by atoms with Crippen LogP contribution in [0.2, 0.25) is 0 Å². The predicted octanol–water partition coefficient (Wildman–Crippen LogP) is 3.46. The molecule has 0 radical (unpaired) electrons. The molecular formula is C10H14INS. The molecule has 0 saturated carbocycles. The quantitative estimate of drug-likeness (QED) is 0.660. The molecule has 1 aromatic carbocycles. The second kappa shape index (κ2) is 6.54. The maximum Gasteiger partial charge on any atom is 0.0475 e. The number of rotatable bonds is 5. The smallest absolute Gasteiger partial charge is 0.0475 e. The summed E-state index contributed by atoms with van der Waals surface area (Å²) in [6.45, 7) is 1.07. The molecule has 1 nitrogen and oxygen atoms in total. The molecule has 0 aromatic heterocycles. The Morgan fingerprint density at radius 3 is 2.85 bits per heavy atom. The van der Waals surface area contributed by atoms with Gasteiger partial charge in [-0.25, -0.2) is 0 Å². The highest BCUT2D eigenvalue weighted by molar-refractivity contribution is 14.1. The van der Waals surface area contributed by atoms with Crippen LogP contribution in [0.5, 0.6) is 0 Å². The largest absolute Gasteiger partial charge is 0.384 e. The second-order valence-corrected chi connectivity index (χ2v) is 4.90. The zero-order valence-corrected chi connectivity index (χ0v) is 10.7. The summed E-state index contributed by atoms with van der Waals surface area (Å²) >= 11 is 4.25. The minimum Gasteiger partial charge on any atom is -0.384 e. The fourth-order valence-electron chi connectivity index (χ4n) is 1.04. The van der Waals surface area contributed by atoms with E-state index in [9.17, 15) is 0 Å². The molecule has 0 aliphatic carbocycles. The van der Waals surface area contributed by atoms with Crippen molar-refractivity contribution in [3.8, 4) is 0 Å². The standard InChI is InChI=1S/C10H14INS/c1-13-8-4-7-12-10-6-3-2-5-9(10)11/h2-3,5-6,12H,4,7-8H2,1H3. The van der Waals surface area contributed by atoms with Crippen molar-refractivity contribution in [1.29, 1.82) is 0 Å². The van der Waals surface area contributed by atoms with E-state index in [1.807, 2.05) is 11.8 Å². The van der Waals surface area contributed by atoms with E-state index < -0.39 is 0 Å². The maximum atomic E-state index is 3.43. The zero-order chi connectivity index (χ0) is 9.52. The summed E-state index contributed by atoms with van der Waals surface area (Å²) in [5.41, 5.74) is 1.25. The molecule has 0 bridgehead atoms. The molecule has 0 saturated heterocycles. The lowest BCUT2D eigenvalue weighted by molar-refractivity contribution is 0.992. The number of benzene rings is 1. The van der Waals surface area contributed by atoms with Crippen LogP contribution in [0, 0.1) is 3.57 Å². The van der Waals surface area contributed by atoms with Crippen molar-refractivity contribution in [2.24, 2.45) is 0 Å². The monoisotopic (exact) mass is 307 g/mol. The highest BCUT2D eigenvalue weighted by Crippen LogP contribution is 2.16. The Bertz CT molecular complexity index is 252. The van der Waals surface area contributed by atoms with Gasteiger partial charge in [0.2, 0.25) is 0 Å². The SMILES string of the molecule is CSCCCNc1ccccc1I. The van der Waals surface area contributed by atoms with Gasteiger partial charge < -0.3 is 5.32 Å². The third-order valence-corrected chi connectivity index (χ3v) is 3.35. The number of para-hydroxylation sites is 1. The molecule has 0 unspecified atom stereocenters. The van der Waals surface area contributed by atoms with Crippen LogP contribution in [-0.4, -0.2) is 18.6 Å². The van der Waals surface area contributed by atoms with E-state index in [0.717, 1.165) is 6.54 Å². The average molecular weight is 307 g/mol. The lowest BCUT2D eigenvalue weighted by Gasteiger charge is -2.07. The van der Waals surface area contributed by atoms with E-state index in [4.69, 9.17) is 0 Å². The van der Waals surface area contributed by atoms with E-state index in [1.54, 1.807) is 0 Å². The normalized spacial score (nSPS) is 10.0. The maximum absolute atomic E-state index is 3.43. The van der Waals surface area contributed by atoms with E-state index in [2.05, 4.69) is 58.4 Å². The van der Waals surface area contributed by atoms with Crippen LogP contribution in [0.15, 0.2) is 24.3 Å². The molecule has 13 heavy (non-hydrogen) atoms. The molecule has 0 fully saturated rings. The van der Waals surface area contributed by atoms with Crippen molar-refractivity contribution in [3.63, 3.8) is 0 Å². The third kappa shape index (κ3) is 4.22. The van der Waals surface area contributed by atoms with Crippen LogP contribution in [0.1, 0.15) is 6.42 Å². The second-order valence-electron chi connectivity index (χ2n) is 2.75. The van der Waals surface area contributed by atoms with E-state index in [-0.39, 0.29) is 0 Å². The van der Waals surface area contributed by atoms with Crippen molar-refractivity contribution in [3.05, 3.63) is 27.8 Å². The number of hydrogen-bond acceptors (Lipinski definition) is 2. The highest BCUT2D eigenvalue weighted by atomic mass is 127. The van der Waals surface area contributed by atoms with Crippen molar-refractivity contribution >= 4 is 40.0 Å². The Morgan fingerprint density at radius 2 is 2.15 bits per heavy atom. The molecule has 1 rings (SSSR count). The third-order valence-electron chi connectivity index (χ3n) is 1.71. The first-order valence-electron chi connectivity index (χ1n) is 4.32. The van der Waals surface area contributed by atoms with Crippen LogP contribution in [0.25, 0.3) is 0 Å². The Kier molecular flexibility index (Phi) is 5.62. The number of thioether (sulfide) groups is 1. The van der Waals surface area contributed by atoms with Gasteiger partial charge in [-0.15, -0.1) is 0 Å². The molecular weight excluding hydrogens is 293 g/mol. The van der Waals surface area contributed by atoms with Crippen LogP contribution >= 0.6 is 34.4 Å². The molecule has 3 heteroatoms. The van der Waals surface area contributed by atoms with E-state index in [0.29, 0.717) is 0 Å². The minimum atomic E-state index is 1.07. The van der Waals surface area contributed by atoms with Crippen LogP contribution in [0.3, 0.4) is 0 Å². The number of halogens is 1. The van der Waals surface area contributed by atoms with Crippen molar-refractivity contribution in [2.75, 3.05) is 23.9 Å². The van der Waals surface area contributed by atoms with Gasteiger partial charge >= 0.3 is 0 Å². The summed E-state index contributed by atoms with van der Waals surface area (Å²) in [7, 11) is 0. The van der Waals surface area contributed by atoms with E-state index >= 15 is 0 Å². The van der Waals surface area contributed by atoms with Gasteiger partial charge in [0, 0.05) is 15.8 Å². The summed E-state index contributed by atoms with van der Waals surface area (Å²) in [5, 5.41) is 3.43. The van der Waals surface area contributed by atoms with Gasteiger partial charge in [0.25, 0.3) is 0 Å². The van der Waals surface area contributed by atoms with Crippen molar-refractivity contribution in [1.82, 2.24) is 0 Å². The van der Waals surface area contributed by atoms with Gasteiger partial charge in [0.05, 0.1) is 0 Å². The first kappa shape index (κ1) is 11.2. The molecule has 0 atom stereocenters. The van der Waals surface area contributed by atoms with Crippen molar-refractivity contribution in [2.45, 2.75) is 6.42 Å². The number of hydrogen-bond donors (Lipinski definition) is 1. The summed E-state index contributed by atoms with van der Waals surface area (Å²) in [6, 6.07) is 8.38. The average Bonchev–Trinajstić information content (AvgIpc) is 2.15. The Balaban J connectivity index is 2.32. The molecule has 0 aliphatic rings. The van der Waals surface area contributed by atoms with Crippen LogP contribution in [-0.2, 0) is 0 Å². The highest BCUT2D eigenvalue weighted by Gasteiger charge is 1.95. The van der Waals surface area contributed by atoms with Gasteiger partial charge in [-0.3, -0.25) is 0 Å². The fraction of sp³-hybridized carbons (Fsp3) is 0.400. The molecule has 0 heterocycles. The van der Waals surface area contributed by atoms with Gasteiger partial charge in [-0.05, 0) is 53.2 Å². The molecule has 0 aliphatic heterocycles. The van der Waals surface area contributed by atoms with Gasteiger partial charge in [-0.1, -0.05) is 12.1 Å². The Labute approximate surface area is 97.8 Å². The van der Waals surface area contributed by atoms with Crippen molar-refractivity contribution < 1.29 is 0 Å². The van der Waals surface area contributed by atoms with E-state index in [1.165, 1.54) is 21.4 Å². The molecule has 1 N–H and O–H groups in total. The van der Waals surface area contributed by atoms with Gasteiger partial charge in [0.1, 0.15) is 0 Å². The minimum absolute atomic E-state index is 1.07. The first-order valence-corrected chi connectivity index (χ1v) is 6.79. The topological polar surface area (TPSA) is 12.0 Å². The van der Waals surface area contributed by atoms with Gasteiger partial charge in [0.15, 0.2) is 0 Å². The Morgan fingerprint density at radius 1 is 1.38 bits per heavy atom. The molecule has 0 spiro atoms. The lowest BCUT2D eigenvalue weighted by atomic mass is 10.3. The first-order chi connectivity index (χ1) is 6.34. The summed E-state index contributed by atoms with van der Waals surface area (Å²) in [5.74, 6) is 1.23. The number of anilines is 1. The fourth-order valence-corrected chi connectivity index (χ4v) is 2.06. The predicted molar refractivity (Wildman–Crippen MR) is 70.6 cm³/mol. The summed E-state index contributed by atoms with van der Waals surface area (Å²) in [4.78, 5) is 0. The molecule has 0 amide bonds. The van der Waals surface area contributed by atoms with Gasteiger partial charge in [-0.2, -0.15) is 11.8 Å². The molecule has 72 valence electrons. The van der Waals surface area contributed by atoms with Crippen LogP contribution < -0.4 is 5.32 Å².